The van der Waals surface area contributed by atoms with Gasteiger partial charge in [-0.2, -0.15) is 0 Å². The molecule has 0 saturated carbocycles. The van der Waals surface area contributed by atoms with Gasteiger partial charge in [0, 0.05) is 6.42 Å². The summed E-state index contributed by atoms with van der Waals surface area (Å²) < 4.78 is 16.4. The first-order chi connectivity index (χ1) is 15.2. The first-order valence-corrected chi connectivity index (χ1v) is 11.1. The van der Waals surface area contributed by atoms with Crippen molar-refractivity contribution in [2.24, 2.45) is 5.92 Å². The maximum absolute atomic E-state index is 12.0. The monoisotopic (exact) mass is 452 g/mol. The number of allylic oxidation sites excluding steroid dienone is 2. The summed E-state index contributed by atoms with van der Waals surface area (Å²) in [4.78, 5) is 12.0. The fourth-order valence-corrected chi connectivity index (χ4v) is 3.36. The van der Waals surface area contributed by atoms with Crippen molar-refractivity contribution in [1.82, 2.24) is 0 Å². The van der Waals surface area contributed by atoms with Crippen LogP contribution in [0.5, 0.6) is 5.75 Å². The smallest absolute Gasteiger partial charge is 0.306 e. The van der Waals surface area contributed by atoms with Gasteiger partial charge in [0.1, 0.15) is 36.8 Å². The summed E-state index contributed by atoms with van der Waals surface area (Å²) in [6.07, 6.45) is 0.667. The summed E-state index contributed by atoms with van der Waals surface area (Å²) in [5, 5.41) is 39.1. The molecule has 0 aromatic heterocycles. The molecular weight excluding hydrogens is 416 g/mol. The molecule has 1 aliphatic rings. The van der Waals surface area contributed by atoms with Gasteiger partial charge in [-0.1, -0.05) is 32.1 Å². The number of ether oxygens (including phenoxy) is 3. The van der Waals surface area contributed by atoms with E-state index in [2.05, 4.69) is 26.0 Å². The van der Waals surface area contributed by atoms with E-state index < -0.39 is 37.3 Å². The third-order valence-corrected chi connectivity index (χ3v) is 5.25. The second-order valence-electron chi connectivity index (χ2n) is 8.49. The SMILES string of the molecule is Cc1cc(COC(=O)CCCC/C=C/C(C)C)ccc1OC1OC(CO)C(O)C(O)C1O. The molecule has 1 aliphatic heterocycles. The molecule has 0 amide bonds. The van der Waals surface area contributed by atoms with E-state index in [9.17, 15) is 25.2 Å². The van der Waals surface area contributed by atoms with Crippen LogP contribution in [0, 0.1) is 12.8 Å². The molecule has 5 atom stereocenters. The highest BCUT2D eigenvalue weighted by Gasteiger charge is 2.44. The molecule has 1 heterocycles. The molecule has 2 rings (SSSR count). The standard InChI is InChI=1S/C24H36O8/c1-15(2)8-6-4-5-7-9-20(26)30-14-17-10-11-18(16(3)12-17)31-24-23(29)22(28)21(27)19(13-25)32-24/h6,8,10-12,15,19,21-25,27-29H,4-5,7,9,13-14H2,1-3H3/b8-6+. The van der Waals surface area contributed by atoms with Gasteiger partial charge in [0.15, 0.2) is 0 Å². The Morgan fingerprint density at radius 2 is 1.91 bits per heavy atom. The zero-order valence-corrected chi connectivity index (χ0v) is 19.0. The molecular formula is C24H36O8. The lowest BCUT2D eigenvalue weighted by molar-refractivity contribution is -0.277. The van der Waals surface area contributed by atoms with Crippen molar-refractivity contribution in [3.05, 3.63) is 41.5 Å². The van der Waals surface area contributed by atoms with E-state index in [0.717, 1.165) is 24.8 Å². The maximum Gasteiger partial charge on any atom is 0.306 e. The largest absolute Gasteiger partial charge is 0.462 e. The van der Waals surface area contributed by atoms with Crippen molar-refractivity contribution in [3.63, 3.8) is 0 Å². The number of unbranched alkanes of at least 4 members (excludes halogenated alkanes) is 2. The van der Waals surface area contributed by atoms with Gasteiger partial charge < -0.3 is 34.6 Å². The molecule has 0 aliphatic carbocycles. The van der Waals surface area contributed by atoms with Crippen molar-refractivity contribution < 1.29 is 39.4 Å². The van der Waals surface area contributed by atoms with E-state index in [4.69, 9.17) is 14.2 Å². The Bertz CT molecular complexity index is 746. The Morgan fingerprint density at radius 3 is 2.56 bits per heavy atom. The predicted octanol–water partition coefficient (Wildman–Crippen LogP) is 1.99. The molecule has 180 valence electrons. The normalized spacial score (nSPS) is 25.9. The minimum absolute atomic E-state index is 0.146. The van der Waals surface area contributed by atoms with Gasteiger partial charge in [-0.15, -0.1) is 0 Å². The number of hydrogen-bond acceptors (Lipinski definition) is 8. The van der Waals surface area contributed by atoms with Crippen LogP contribution in [0.3, 0.4) is 0 Å². The number of carbonyl (C=O) groups excluding carboxylic acids is 1. The quantitative estimate of drug-likeness (QED) is 0.228. The zero-order valence-electron chi connectivity index (χ0n) is 19.0. The fraction of sp³-hybridized carbons (Fsp3) is 0.625. The summed E-state index contributed by atoms with van der Waals surface area (Å²) in [5.41, 5.74) is 1.50. The lowest BCUT2D eigenvalue weighted by Crippen LogP contribution is -2.60. The minimum Gasteiger partial charge on any atom is -0.462 e. The Kier molecular flexibility index (Phi) is 10.6. The van der Waals surface area contributed by atoms with Crippen LogP contribution < -0.4 is 4.74 Å². The summed E-state index contributed by atoms with van der Waals surface area (Å²) in [7, 11) is 0. The number of aliphatic hydroxyl groups is 4. The maximum atomic E-state index is 12.0. The molecule has 1 aromatic rings. The Hall–Kier alpha value is -1.97. The van der Waals surface area contributed by atoms with Crippen LogP contribution >= 0.6 is 0 Å². The van der Waals surface area contributed by atoms with Gasteiger partial charge in [-0.3, -0.25) is 4.79 Å². The molecule has 5 unspecified atom stereocenters. The van der Waals surface area contributed by atoms with Crippen molar-refractivity contribution in [1.29, 1.82) is 0 Å². The number of aliphatic hydroxyl groups excluding tert-OH is 4. The van der Waals surface area contributed by atoms with Crippen LogP contribution in [0.25, 0.3) is 0 Å². The van der Waals surface area contributed by atoms with Gasteiger partial charge in [0.05, 0.1) is 6.61 Å². The molecule has 0 bridgehead atoms. The van der Waals surface area contributed by atoms with Gasteiger partial charge in [0.2, 0.25) is 6.29 Å². The summed E-state index contributed by atoms with van der Waals surface area (Å²) in [6.45, 7) is 5.67. The second-order valence-corrected chi connectivity index (χ2v) is 8.49. The summed E-state index contributed by atoms with van der Waals surface area (Å²) in [6, 6.07) is 5.18. The average molecular weight is 453 g/mol. The summed E-state index contributed by atoms with van der Waals surface area (Å²) in [5.74, 6) is 0.702. The number of benzene rings is 1. The van der Waals surface area contributed by atoms with Gasteiger partial charge in [0.25, 0.3) is 0 Å². The highest BCUT2D eigenvalue weighted by atomic mass is 16.7. The van der Waals surface area contributed by atoms with E-state index in [1.54, 1.807) is 25.1 Å². The lowest BCUT2D eigenvalue weighted by atomic mass is 9.99. The Balaban J connectivity index is 1.81. The third kappa shape index (κ3) is 7.86. The number of esters is 1. The van der Waals surface area contributed by atoms with E-state index in [0.29, 0.717) is 23.7 Å². The van der Waals surface area contributed by atoms with E-state index in [1.165, 1.54) is 0 Å². The third-order valence-electron chi connectivity index (χ3n) is 5.25. The van der Waals surface area contributed by atoms with Crippen molar-refractivity contribution in [3.8, 4) is 5.75 Å². The number of carbonyl (C=O) groups is 1. The van der Waals surface area contributed by atoms with Gasteiger partial charge in [-0.05, 0) is 55.4 Å². The van der Waals surface area contributed by atoms with Crippen molar-refractivity contribution >= 4 is 5.97 Å². The molecule has 0 spiro atoms. The average Bonchev–Trinajstić information content (AvgIpc) is 2.76. The highest BCUT2D eigenvalue weighted by molar-refractivity contribution is 5.69. The molecule has 1 aromatic carbocycles. The number of rotatable bonds is 11. The molecule has 1 saturated heterocycles. The van der Waals surface area contributed by atoms with Crippen LogP contribution in [0.15, 0.2) is 30.4 Å². The molecule has 4 N–H and O–H groups in total. The first-order valence-electron chi connectivity index (χ1n) is 11.1. The second kappa shape index (κ2) is 12.9. The van der Waals surface area contributed by atoms with Crippen molar-refractivity contribution in [2.45, 2.75) is 83.8 Å². The molecule has 32 heavy (non-hydrogen) atoms. The van der Waals surface area contributed by atoms with Crippen molar-refractivity contribution in [2.75, 3.05) is 6.61 Å². The van der Waals surface area contributed by atoms with Crippen LogP contribution in [0.1, 0.15) is 50.7 Å². The lowest BCUT2D eigenvalue weighted by Gasteiger charge is -2.39. The van der Waals surface area contributed by atoms with E-state index in [1.807, 2.05) is 0 Å². The highest BCUT2D eigenvalue weighted by Crippen LogP contribution is 2.27. The number of hydrogen-bond donors (Lipinski definition) is 4. The number of aryl methyl sites for hydroxylation is 1. The van der Waals surface area contributed by atoms with E-state index >= 15 is 0 Å². The minimum atomic E-state index is -1.50. The van der Waals surface area contributed by atoms with Gasteiger partial charge >= 0.3 is 5.97 Å². The molecule has 1 fully saturated rings. The van der Waals surface area contributed by atoms with Crippen LogP contribution in [0.2, 0.25) is 0 Å². The van der Waals surface area contributed by atoms with Crippen LogP contribution in [-0.4, -0.2) is 63.7 Å². The first kappa shape index (κ1) is 26.3. The van der Waals surface area contributed by atoms with Crippen LogP contribution in [-0.2, 0) is 20.9 Å². The topological polar surface area (TPSA) is 126 Å². The predicted molar refractivity (Wildman–Crippen MR) is 118 cm³/mol. The molecule has 8 nitrogen and oxygen atoms in total. The Labute approximate surface area is 189 Å². The molecule has 8 heteroatoms. The van der Waals surface area contributed by atoms with E-state index in [-0.39, 0.29) is 12.6 Å². The summed E-state index contributed by atoms with van der Waals surface area (Å²) >= 11 is 0. The van der Waals surface area contributed by atoms with Gasteiger partial charge in [-0.25, -0.2) is 0 Å². The fourth-order valence-electron chi connectivity index (χ4n) is 3.36. The Morgan fingerprint density at radius 1 is 1.16 bits per heavy atom. The zero-order chi connectivity index (χ0) is 23.7. The van der Waals surface area contributed by atoms with Crippen LogP contribution in [0.4, 0.5) is 0 Å². The molecule has 0 radical (unpaired) electrons.